The summed E-state index contributed by atoms with van der Waals surface area (Å²) in [5, 5.41) is 3.33. The van der Waals surface area contributed by atoms with Crippen LogP contribution in [0.2, 0.25) is 0 Å². The smallest absolute Gasteiger partial charge is 0.0636 e. The highest BCUT2D eigenvalue weighted by atomic mass is 127. The van der Waals surface area contributed by atoms with Gasteiger partial charge in [-0.1, -0.05) is 22.6 Å². The predicted molar refractivity (Wildman–Crippen MR) is 57.1 cm³/mol. The second-order valence-corrected chi connectivity index (χ2v) is 4.88. The molecular weight excluding hydrogens is 251 g/mol. The Morgan fingerprint density at radius 1 is 1.55 bits per heavy atom. The van der Waals surface area contributed by atoms with E-state index in [1.165, 1.54) is 13.0 Å². The molecule has 0 saturated carbocycles. The molecule has 1 N–H and O–H groups in total. The number of likely N-dealkylation sites (tertiary alicyclic amines) is 1. The molecule has 0 aromatic heterocycles. The lowest BCUT2D eigenvalue weighted by atomic mass is 10.3. The van der Waals surface area contributed by atoms with E-state index in [0.717, 1.165) is 4.05 Å². The van der Waals surface area contributed by atoms with Gasteiger partial charge in [-0.3, -0.25) is 4.90 Å². The fourth-order valence-corrected chi connectivity index (χ4v) is 3.04. The number of rotatable bonds is 2. The van der Waals surface area contributed by atoms with Gasteiger partial charge in [0.15, 0.2) is 0 Å². The van der Waals surface area contributed by atoms with Gasteiger partial charge in [-0.2, -0.15) is 0 Å². The second kappa shape index (κ2) is 4.05. The molecule has 0 aromatic carbocycles. The van der Waals surface area contributed by atoms with E-state index in [1.807, 2.05) is 0 Å². The van der Waals surface area contributed by atoms with Gasteiger partial charge in [-0.15, -0.1) is 0 Å². The second-order valence-electron chi connectivity index (χ2n) is 3.45. The van der Waals surface area contributed by atoms with Crippen LogP contribution in [0.5, 0.6) is 0 Å². The van der Waals surface area contributed by atoms with Crippen LogP contribution in [0.3, 0.4) is 0 Å². The van der Waals surface area contributed by atoms with Crippen molar-refractivity contribution in [3.8, 4) is 0 Å². The number of hydrogen-bond donors (Lipinski definition) is 1. The van der Waals surface area contributed by atoms with Gasteiger partial charge in [0.05, 0.1) is 4.05 Å². The minimum atomic E-state index is 0.690. The minimum Gasteiger partial charge on any atom is -0.316 e. The summed E-state index contributed by atoms with van der Waals surface area (Å²) in [6.45, 7) is 5.75. The summed E-state index contributed by atoms with van der Waals surface area (Å²) in [6, 6.07) is 1.40. The summed E-state index contributed by atoms with van der Waals surface area (Å²) >= 11 is 2.53. The van der Waals surface area contributed by atoms with E-state index in [0.29, 0.717) is 12.1 Å². The Morgan fingerprint density at radius 3 is 2.45 bits per heavy atom. The molecule has 1 aliphatic rings. The van der Waals surface area contributed by atoms with Crippen molar-refractivity contribution in [2.75, 3.05) is 13.6 Å². The van der Waals surface area contributed by atoms with Gasteiger partial charge in [0.25, 0.3) is 0 Å². The van der Waals surface area contributed by atoms with E-state index in [9.17, 15) is 0 Å². The first-order valence-corrected chi connectivity index (χ1v) is 5.46. The Kier molecular flexibility index (Phi) is 3.58. The molecular formula is C8H17IN2. The van der Waals surface area contributed by atoms with Crippen molar-refractivity contribution in [1.82, 2.24) is 10.2 Å². The Bertz CT molecular complexity index is 127. The normalized spacial score (nSPS) is 33.5. The number of nitrogens with one attached hydrogen (secondary N) is 1. The molecule has 0 radical (unpaired) electrons. The molecule has 0 unspecified atom stereocenters. The lowest BCUT2D eigenvalue weighted by molar-refractivity contribution is 0.260. The van der Waals surface area contributed by atoms with Crippen LogP contribution < -0.4 is 5.32 Å². The fourth-order valence-electron chi connectivity index (χ4n) is 1.56. The predicted octanol–water partition coefficient (Wildman–Crippen LogP) is 1.45. The third-order valence-corrected chi connectivity index (χ3v) is 3.57. The number of nitrogens with zero attached hydrogens (tertiary/aromatic N) is 1. The van der Waals surface area contributed by atoms with Crippen molar-refractivity contribution in [3.63, 3.8) is 0 Å². The average Bonchev–Trinajstić information content (AvgIpc) is 2.30. The van der Waals surface area contributed by atoms with E-state index in [4.69, 9.17) is 0 Å². The van der Waals surface area contributed by atoms with Crippen LogP contribution in [0.25, 0.3) is 0 Å². The molecule has 1 rings (SSSR count). The monoisotopic (exact) mass is 268 g/mol. The van der Waals surface area contributed by atoms with Gasteiger partial charge in [0.2, 0.25) is 0 Å². The SMILES string of the molecule is CN[C@@H]1C[C@H](I)N(C(C)C)C1. The largest absolute Gasteiger partial charge is 0.316 e. The van der Waals surface area contributed by atoms with E-state index in [2.05, 4.69) is 53.7 Å². The standard InChI is InChI=1S/C8H17IN2/c1-6(2)11-5-7(10-3)4-8(11)9/h6-8,10H,4-5H2,1-3H3/t7-,8-/m1/s1. The molecule has 3 heteroatoms. The first-order chi connectivity index (χ1) is 5.15. The van der Waals surface area contributed by atoms with Crippen LogP contribution in [0.1, 0.15) is 20.3 Å². The van der Waals surface area contributed by atoms with Crippen LogP contribution in [-0.2, 0) is 0 Å². The molecule has 0 aliphatic carbocycles. The van der Waals surface area contributed by atoms with Crippen molar-refractivity contribution >= 4 is 22.6 Å². The van der Waals surface area contributed by atoms with Crippen molar-refractivity contribution < 1.29 is 0 Å². The Labute approximate surface area is 82.9 Å². The highest BCUT2D eigenvalue weighted by Gasteiger charge is 2.30. The molecule has 1 heterocycles. The molecule has 2 nitrogen and oxygen atoms in total. The minimum absolute atomic E-state index is 0.690. The quantitative estimate of drug-likeness (QED) is 0.463. The molecule has 1 aliphatic heterocycles. The first-order valence-electron chi connectivity index (χ1n) is 4.22. The van der Waals surface area contributed by atoms with Gasteiger partial charge < -0.3 is 5.32 Å². The zero-order chi connectivity index (χ0) is 8.43. The number of halogens is 1. The number of hydrogen-bond acceptors (Lipinski definition) is 2. The van der Waals surface area contributed by atoms with Crippen LogP contribution in [0.15, 0.2) is 0 Å². The highest BCUT2D eigenvalue weighted by Crippen LogP contribution is 2.24. The topological polar surface area (TPSA) is 15.3 Å². The molecule has 0 spiro atoms. The summed E-state index contributed by atoms with van der Waals surface area (Å²) in [5.41, 5.74) is 0. The first kappa shape index (κ1) is 9.74. The van der Waals surface area contributed by atoms with Gasteiger partial charge in [-0.25, -0.2) is 0 Å². The zero-order valence-corrected chi connectivity index (χ0v) is 9.63. The van der Waals surface area contributed by atoms with Crippen LogP contribution >= 0.6 is 22.6 Å². The van der Waals surface area contributed by atoms with Crippen molar-refractivity contribution in [2.45, 2.75) is 36.4 Å². The summed E-state index contributed by atoms with van der Waals surface area (Å²) in [6.07, 6.45) is 1.29. The summed E-state index contributed by atoms with van der Waals surface area (Å²) in [5.74, 6) is 0. The maximum atomic E-state index is 3.33. The molecule has 0 amide bonds. The van der Waals surface area contributed by atoms with Gasteiger partial charge in [-0.05, 0) is 27.3 Å². The molecule has 2 atom stereocenters. The number of likely N-dealkylation sites (N-methyl/N-ethyl adjacent to an activating group) is 1. The Hall–Kier alpha value is 0.650. The molecule has 0 aromatic rings. The Balaban J connectivity index is 2.45. The molecule has 1 saturated heterocycles. The van der Waals surface area contributed by atoms with E-state index >= 15 is 0 Å². The Morgan fingerprint density at radius 2 is 2.18 bits per heavy atom. The summed E-state index contributed by atoms with van der Waals surface area (Å²) in [7, 11) is 2.05. The number of alkyl halides is 1. The van der Waals surface area contributed by atoms with Gasteiger partial charge in [0, 0.05) is 18.6 Å². The summed E-state index contributed by atoms with van der Waals surface area (Å²) < 4.78 is 0.727. The van der Waals surface area contributed by atoms with Crippen LogP contribution in [-0.4, -0.2) is 34.6 Å². The maximum Gasteiger partial charge on any atom is 0.0636 e. The van der Waals surface area contributed by atoms with Crippen LogP contribution in [0, 0.1) is 0 Å². The lowest BCUT2D eigenvalue weighted by Gasteiger charge is -2.23. The van der Waals surface area contributed by atoms with Crippen LogP contribution in [0.4, 0.5) is 0 Å². The zero-order valence-electron chi connectivity index (χ0n) is 7.47. The van der Waals surface area contributed by atoms with Gasteiger partial charge in [0.1, 0.15) is 0 Å². The van der Waals surface area contributed by atoms with E-state index in [-0.39, 0.29) is 0 Å². The molecule has 66 valence electrons. The highest BCUT2D eigenvalue weighted by molar-refractivity contribution is 14.1. The van der Waals surface area contributed by atoms with Gasteiger partial charge >= 0.3 is 0 Å². The van der Waals surface area contributed by atoms with E-state index < -0.39 is 0 Å². The third-order valence-electron chi connectivity index (χ3n) is 2.34. The molecule has 0 bridgehead atoms. The molecule has 11 heavy (non-hydrogen) atoms. The van der Waals surface area contributed by atoms with Crippen molar-refractivity contribution in [1.29, 1.82) is 0 Å². The summed E-state index contributed by atoms with van der Waals surface area (Å²) in [4.78, 5) is 2.54. The fraction of sp³-hybridized carbons (Fsp3) is 1.00. The van der Waals surface area contributed by atoms with Crippen molar-refractivity contribution in [3.05, 3.63) is 0 Å². The average molecular weight is 268 g/mol. The lowest BCUT2D eigenvalue weighted by Crippen LogP contribution is -2.34. The molecule has 1 fully saturated rings. The van der Waals surface area contributed by atoms with Crippen molar-refractivity contribution in [2.24, 2.45) is 0 Å². The maximum absolute atomic E-state index is 3.33. The van der Waals surface area contributed by atoms with E-state index in [1.54, 1.807) is 0 Å². The third kappa shape index (κ3) is 2.29.